The number of nitrogens with zero attached hydrogens (tertiary/aromatic N) is 1. The molecule has 2 rings (SSSR count). The number of hydrogen-bond acceptors (Lipinski definition) is 3. The van der Waals surface area contributed by atoms with Crippen molar-refractivity contribution in [3.63, 3.8) is 0 Å². The monoisotopic (exact) mass is 366 g/mol. The second kappa shape index (κ2) is 3.85. The second-order valence-corrected chi connectivity index (χ2v) is 4.65. The maximum Gasteiger partial charge on any atom is 0.439 e. The van der Waals surface area contributed by atoms with Crippen molar-refractivity contribution in [1.82, 2.24) is 10.1 Å². The molecule has 0 bridgehead atoms. The van der Waals surface area contributed by atoms with Gasteiger partial charge in [0.05, 0.1) is 0 Å². The van der Waals surface area contributed by atoms with Crippen molar-refractivity contribution < 1.29 is 4.52 Å². The van der Waals surface area contributed by atoms with Crippen molar-refractivity contribution in [3.8, 4) is 11.4 Å². The number of rotatable bonds is 1. The molecule has 2 aromatic rings. The summed E-state index contributed by atoms with van der Waals surface area (Å²) in [4.78, 5) is 13.3. The van der Waals surface area contributed by atoms with Gasteiger partial charge in [0.1, 0.15) is 0 Å². The minimum Gasteiger partial charge on any atom is -0.296 e. The van der Waals surface area contributed by atoms with E-state index in [1.54, 1.807) is 0 Å². The fourth-order valence-corrected chi connectivity index (χ4v) is 1.98. The molecule has 0 aliphatic rings. The highest BCUT2D eigenvalue weighted by Gasteiger charge is 2.08. The maximum absolute atomic E-state index is 10.8. The average Bonchev–Trinajstić information content (AvgIpc) is 2.56. The lowest BCUT2D eigenvalue weighted by molar-refractivity contribution is 0.388. The lowest BCUT2D eigenvalue weighted by atomic mass is 10.2. The number of H-pyrrole nitrogens is 1. The molecule has 0 radical (unpaired) electrons. The summed E-state index contributed by atoms with van der Waals surface area (Å²) in [7, 11) is 0. The highest BCUT2D eigenvalue weighted by atomic mass is 127. The zero-order valence-electron chi connectivity index (χ0n) is 6.75. The van der Waals surface area contributed by atoms with Crippen molar-refractivity contribution in [3.05, 3.63) is 36.8 Å². The summed E-state index contributed by atoms with van der Waals surface area (Å²) in [6.07, 6.45) is 0. The van der Waals surface area contributed by atoms with E-state index in [1.807, 2.05) is 18.2 Å². The van der Waals surface area contributed by atoms with Gasteiger partial charge in [0.25, 0.3) is 0 Å². The Bertz CT molecular complexity index is 520. The molecule has 0 aliphatic heterocycles. The van der Waals surface area contributed by atoms with Crippen LogP contribution in [0.15, 0.2) is 32.0 Å². The standard InChI is InChI=1S/C8H4BrIN2O2/c9-4-1-2-6(10)5(3-4)7-11-8(13)14-12-7/h1-3H,(H,11,12,13). The number of benzene rings is 1. The van der Waals surface area contributed by atoms with E-state index >= 15 is 0 Å². The van der Waals surface area contributed by atoms with Gasteiger partial charge in [0, 0.05) is 13.6 Å². The smallest absolute Gasteiger partial charge is 0.296 e. The molecule has 6 heteroatoms. The highest BCUT2D eigenvalue weighted by molar-refractivity contribution is 14.1. The summed E-state index contributed by atoms with van der Waals surface area (Å²) in [6, 6.07) is 5.71. The van der Waals surface area contributed by atoms with Crippen LogP contribution in [0.5, 0.6) is 0 Å². The number of halogens is 2. The van der Waals surface area contributed by atoms with E-state index in [9.17, 15) is 4.79 Å². The van der Waals surface area contributed by atoms with Crippen molar-refractivity contribution >= 4 is 38.5 Å². The quantitative estimate of drug-likeness (QED) is 0.788. The van der Waals surface area contributed by atoms with Crippen molar-refractivity contribution in [1.29, 1.82) is 0 Å². The van der Waals surface area contributed by atoms with Gasteiger partial charge in [-0.2, -0.15) is 0 Å². The van der Waals surface area contributed by atoms with E-state index < -0.39 is 5.76 Å². The van der Waals surface area contributed by atoms with Gasteiger partial charge in [-0.1, -0.05) is 21.1 Å². The van der Waals surface area contributed by atoms with Gasteiger partial charge in [-0.3, -0.25) is 9.51 Å². The van der Waals surface area contributed by atoms with Crippen molar-refractivity contribution in [2.24, 2.45) is 0 Å². The lowest BCUT2D eigenvalue weighted by Gasteiger charge is -1.99. The van der Waals surface area contributed by atoms with Gasteiger partial charge in [-0.25, -0.2) is 4.79 Å². The zero-order chi connectivity index (χ0) is 10.1. The van der Waals surface area contributed by atoms with E-state index in [0.717, 1.165) is 13.6 Å². The molecule has 1 heterocycles. The van der Waals surface area contributed by atoms with Crippen molar-refractivity contribution in [2.75, 3.05) is 0 Å². The van der Waals surface area contributed by atoms with Crippen LogP contribution < -0.4 is 5.76 Å². The van der Waals surface area contributed by atoms with Crippen LogP contribution in [0.3, 0.4) is 0 Å². The molecule has 0 fully saturated rings. The van der Waals surface area contributed by atoms with Crippen LogP contribution >= 0.6 is 38.5 Å². The normalized spacial score (nSPS) is 10.4. The Hall–Kier alpha value is -0.630. The number of nitrogens with one attached hydrogen (secondary N) is 1. The SMILES string of the molecule is O=c1[nH]c(-c2cc(Br)ccc2I)no1. The van der Waals surface area contributed by atoms with Gasteiger partial charge in [-0.15, -0.1) is 0 Å². The molecule has 1 aromatic heterocycles. The Morgan fingerprint density at radius 1 is 1.50 bits per heavy atom. The van der Waals surface area contributed by atoms with E-state index in [-0.39, 0.29) is 0 Å². The summed E-state index contributed by atoms with van der Waals surface area (Å²) in [5.41, 5.74) is 0.839. The second-order valence-electron chi connectivity index (χ2n) is 2.57. The van der Waals surface area contributed by atoms with Gasteiger partial charge < -0.3 is 0 Å². The highest BCUT2D eigenvalue weighted by Crippen LogP contribution is 2.25. The third kappa shape index (κ3) is 1.90. The fourth-order valence-electron chi connectivity index (χ4n) is 1.02. The molecular formula is C8H4BrIN2O2. The van der Waals surface area contributed by atoms with Crippen LogP contribution in [-0.2, 0) is 0 Å². The predicted molar refractivity (Wildman–Crippen MR) is 63.0 cm³/mol. The number of aromatic nitrogens is 2. The number of hydrogen-bond donors (Lipinski definition) is 1. The molecule has 0 saturated carbocycles. The third-order valence-corrected chi connectivity index (χ3v) is 3.06. The first-order chi connectivity index (χ1) is 6.66. The van der Waals surface area contributed by atoms with Crippen LogP contribution in [0, 0.1) is 3.57 Å². The molecule has 1 aromatic carbocycles. The Kier molecular flexibility index (Phi) is 2.73. The zero-order valence-corrected chi connectivity index (χ0v) is 10.5. The Morgan fingerprint density at radius 3 is 2.93 bits per heavy atom. The molecule has 0 spiro atoms. The van der Waals surface area contributed by atoms with Crippen LogP contribution in [0.2, 0.25) is 0 Å². The topological polar surface area (TPSA) is 58.9 Å². The van der Waals surface area contributed by atoms with Gasteiger partial charge in [-0.05, 0) is 40.8 Å². The van der Waals surface area contributed by atoms with Crippen LogP contribution in [0.25, 0.3) is 11.4 Å². The third-order valence-electron chi connectivity index (χ3n) is 1.62. The minimum absolute atomic E-state index is 0.445. The van der Waals surface area contributed by atoms with Crippen LogP contribution in [0.4, 0.5) is 0 Å². The molecular weight excluding hydrogens is 363 g/mol. The number of aromatic amines is 1. The molecule has 0 aliphatic carbocycles. The van der Waals surface area contributed by atoms with Crippen LogP contribution in [-0.4, -0.2) is 10.1 Å². The Balaban J connectivity index is 2.61. The summed E-state index contributed by atoms with van der Waals surface area (Å²) < 4.78 is 6.36. The summed E-state index contributed by atoms with van der Waals surface area (Å²) >= 11 is 5.51. The fraction of sp³-hybridized carbons (Fsp3) is 0. The average molecular weight is 367 g/mol. The molecule has 0 atom stereocenters. The Morgan fingerprint density at radius 2 is 2.29 bits per heavy atom. The van der Waals surface area contributed by atoms with E-state index in [2.05, 4.69) is 53.2 Å². The largest absolute Gasteiger partial charge is 0.439 e. The molecule has 14 heavy (non-hydrogen) atoms. The molecule has 4 nitrogen and oxygen atoms in total. The van der Waals surface area contributed by atoms with Crippen LogP contribution in [0.1, 0.15) is 0 Å². The Labute approximate surface area is 101 Å². The lowest BCUT2D eigenvalue weighted by Crippen LogP contribution is -1.95. The summed E-state index contributed by atoms with van der Waals surface area (Å²) in [6.45, 7) is 0. The predicted octanol–water partition coefficient (Wildman–Crippen LogP) is 2.40. The molecule has 72 valence electrons. The first-order valence-corrected chi connectivity index (χ1v) is 5.55. The van der Waals surface area contributed by atoms with E-state index in [1.165, 1.54) is 0 Å². The maximum atomic E-state index is 10.8. The van der Waals surface area contributed by atoms with Gasteiger partial charge >= 0.3 is 5.76 Å². The molecule has 1 N–H and O–H groups in total. The summed E-state index contributed by atoms with van der Waals surface area (Å²) in [5.74, 6) is -0.100. The van der Waals surface area contributed by atoms with Gasteiger partial charge in [0.15, 0.2) is 5.82 Å². The van der Waals surface area contributed by atoms with E-state index in [4.69, 9.17) is 0 Å². The molecule has 0 saturated heterocycles. The van der Waals surface area contributed by atoms with Gasteiger partial charge in [0.2, 0.25) is 0 Å². The molecule has 0 unspecified atom stereocenters. The first kappa shape index (κ1) is 9.91. The molecule has 0 amide bonds. The first-order valence-electron chi connectivity index (χ1n) is 3.68. The summed E-state index contributed by atoms with van der Waals surface area (Å²) in [5, 5.41) is 3.62. The van der Waals surface area contributed by atoms with E-state index in [0.29, 0.717) is 5.82 Å². The van der Waals surface area contributed by atoms with Crippen molar-refractivity contribution in [2.45, 2.75) is 0 Å². The minimum atomic E-state index is -0.546.